The smallest absolute Gasteiger partial charge is 0.240 e. The molecule has 1 saturated heterocycles. The van der Waals surface area contributed by atoms with Crippen LogP contribution in [0.2, 0.25) is 0 Å². The fraction of sp³-hybridized carbons (Fsp3) is 0.917. The number of nitrogens with one attached hydrogen (secondary N) is 2. The van der Waals surface area contributed by atoms with E-state index < -0.39 is 0 Å². The Labute approximate surface area is 104 Å². The molecule has 1 atom stereocenters. The van der Waals surface area contributed by atoms with Gasteiger partial charge in [0, 0.05) is 6.04 Å². The van der Waals surface area contributed by atoms with Gasteiger partial charge in [0.2, 0.25) is 5.91 Å². The third kappa shape index (κ3) is 2.89. The van der Waals surface area contributed by atoms with Gasteiger partial charge in [-0.1, -0.05) is 6.92 Å². The first-order valence-corrected chi connectivity index (χ1v) is 6.16. The van der Waals surface area contributed by atoms with E-state index in [0.29, 0.717) is 6.04 Å². The fourth-order valence-electron chi connectivity index (χ4n) is 2.61. The van der Waals surface area contributed by atoms with Crippen molar-refractivity contribution < 1.29 is 4.79 Å². The minimum Gasteiger partial charge on any atom is -0.352 e. The predicted octanol–water partition coefficient (Wildman–Crippen LogP) is 1.86. The summed E-state index contributed by atoms with van der Waals surface area (Å²) >= 11 is 0. The molecule has 1 amide bonds. The van der Waals surface area contributed by atoms with Crippen molar-refractivity contribution in [2.75, 3.05) is 6.54 Å². The third-order valence-corrected chi connectivity index (χ3v) is 3.83. The van der Waals surface area contributed by atoms with Crippen molar-refractivity contribution in [1.29, 1.82) is 0 Å². The highest BCUT2D eigenvalue weighted by Crippen LogP contribution is 2.27. The minimum atomic E-state index is -0.308. The molecule has 16 heavy (non-hydrogen) atoms. The zero-order valence-electron chi connectivity index (χ0n) is 10.2. The van der Waals surface area contributed by atoms with Crippen LogP contribution in [0.25, 0.3) is 0 Å². The summed E-state index contributed by atoms with van der Waals surface area (Å²) in [7, 11) is 0. The number of hydrogen-bond donors (Lipinski definition) is 2. The summed E-state index contributed by atoms with van der Waals surface area (Å²) < 4.78 is 0. The first kappa shape index (κ1) is 13.8. The Kier molecular flexibility index (Phi) is 4.62. The largest absolute Gasteiger partial charge is 0.352 e. The van der Waals surface area contributed by atoms with Crippen molar-refractivity contribution in [3.63, 3.8) is 0 Å². The average Bonchev–Trinajstić information content (AvgIpc) is 2.16. The Balaban J connectivity index is 0.00000128. The van der Waals surface area contributed by atoms with Gasteiger partial charge in [0.1, 0.15) is 0 Å². The van der Waals surface area contributed by atoms with Gasteiger partial charge in [-0.25, -0.2) is 0 Å². The molecule has 94 valence electrons. The normalized spacial score (nSPS) is 38.1. The van der Waals surface area contributed by atoms with Crippen molar-refractivity contribution in [3.8, 4) is 0 Å². The lowest BCUT2D eigenvalue weighted by molar-refractivity contribution is -0.129. The molecule has 0 bridgehead atoms. The van der Waals surface area contributed by atoms with Crippen LogP contribution in [0, 0.1) is 5.92 Å². The van der Waals surface area contributed by atoms with Crippen LogP contribution in [0.5, 0.6) is 0 Å². The Hall–Kier alpha value is -0.280. The standard InChI is InChI=1S/C12H22N2O.ClH/c1-9-7-10(8-9)14-11(15)12(2)5-3-4-6-13-12;/h9-10,13H,3-8H2,1-2H3,(H,14,15);1H. The molecule has 4 heteroatoms. The van der Waals surface area contributed by atoms with E-state index in [2.05, 4.69) is 17.6 Å². The van der Waals surface area contributed by atoms with Crippen LogP contribution in [0.15, 0.2) is 0 Å². The van der Waals surface area contributed by atoms with Crippen LogP contribution in [-0.4, -0.2) is 24.0 Å². The molecule has 0 spiro atoms. The van der Waals surface area contributed by atoms with Crippen LogP contribution in [0.1, 0.15) is 46.0 Å². The number of halogens is 1. The van der Waals surface area contributed by atoms with Gasteiger partial charge in [-0.05, 0) is 51.5 Å². The van der Waals surface area contributed by atoms with Crippen molar-refractivity contribution in [1.82, 2.24) is 10.6 Å². The quantitative estimate of drug-likeness (QED) is 0.781. The first-order chi connectivity index (χ1) is 7.10. The Morgan fingerprint density at radius 3 is 2.56 bits per heavy atom. The molecule has 1 aliphatic carbocycles. The molecule has 1 saturated carbocycles. The highest BCUT2D eigenvalue weighted by Gasteiger charge is 2.37. The van der Waals surface area contributed by atoms with Crippen molar-refractivity contribution in [3.05, 3.63) is 0 Å². The zero-order valence-corrected chi connectivity index (χ0v) is 11.0. The molecule has 3 nitrogen and oxygen atoms in total. The predicted molar refractivity (Wildman–Crippen MR) is 67.8 cm³/mol. The summed E-state index contributed by atoms with van der Waals surface area (Å²) in [5, 5.41) is 6.50. The maximum absolute atomic E-state index is 12.1. The van der Waals surface area contributed by atoms with E-state index in [-0.39, 0.29) is 23.9 Å². The van der Waals surface area contributed by atoms with Crippen LogP contribution >= 0.6 is 12.4 Å². The number of piperidine rings is 1. The molecule has 2 fully saturated rings. The maximum Gasteiger partial charge on any atom is 0.240 e. The van der Waals surface area contributed by atoms with Crippen LogP contribution < -0.4 is 10.6 Å². The lowest BCUT2D eigenvalue weighted by atomic mass is 9.81. The maximum atomic E-state index is 12.1. The second-order valence-corrected chi connectivity index (χ2v) is 5.46. The van der Waals surface area contributed by atoms with Gasteiger partial charge in [-0.15, -0.1) is 12.4 Å². The second kappa shape index (κ2) is 5.37. The number of hydrogen-bond acceptors (Lipinski definition) is 2. The number of rotatable bonds is 2. The minimum absolute atomic E-state index is 0. The fourth-order valence-corrected chi connectivity index (χ4v) is 2.61. The van der Waals surface area contributed by atoms with Gasteiger partial charge in [-0.3, -0.25) is 4.79 Å². The van der Waals surface area contributed by atoms with Crippen LogP contribution in [0.4, 0.5) is 0 Å². The molecule has 2 rings (SSSR count). The molecule has 2 aliphatic rings. The number of carbonyl (C=O) groups is 1. The van der Waals surface area contributed by atoms with Gasteiger partial charge in [-0.2, -0.15) is 0 Å². The highest BCUT2D eigenvalue weighted by molar-refractivity contribution is 5.86. The molecule has 0 aromatic carbocycles. The van der Waals surface area contributed by atoms with E-state index in [0.717, 1.165) is 38.1 Å². The Bertz CT molecular complexity index is 245. The molecule has 1 heterocycles. The Morgan fingerprint density at radius 2 is 2.06 bits per heavy atom. The SMILES string of the molecule is CC1CC(NC(=O)C2(C)CCCCN2)C1.Cl. The van der Waals surface area contributed by atoms with Gasteiger partial charge < -0.3 is 10.6 Å². The van der Waals surface area contributed by atoms with E-state index >= 15 is 0 Å². The first-order valence-electron chi connectivity index (χ1n) is 6.16. The molecule has 0 aromatic rings. The molecular formula is C12H23ClN2O. The summed E-state index contributed by atoms with van der Waals surface area (Å²) in [5.41, 5.74) is -0.308. The van der Waals surface area contributed by atoms with Gasteiger partial charge in [0.25, 0.3) is 0 Å². The molecular weight excluding hydrogens is 224 g/mol. The monoisotopic (exact) mass is 246 g/mol. The van der Waals surface area contributed by atoms with E-state index in [1.54, 1.807) is 0 Å². The lowest BCUT2D eigenvalue weighted by Gasteiger charge is -2.39. The number of carbonyl (C=O) groups excluding carboxylic acids is 1. The summed E-state index contributed by atoms with van der Waals surface area (Å²) in [6.45, 7) is 5.25. The summed E-state index contributed by atoms with van der Waals surface area (Å²) in [6.07, 6.45) is 5.64. The summed E-state index contributed by atoms with van der Waals surface area (Å²) in [4.78, 5) is 12.1. The van der Waals surface area contributed by atoms with Crippen LogP contribution in [0.3, 0.4) is 0 Å². The second-order valence-electron chi connectivity index (χ2n) is 5.46. The van der Waals surface area contributed by atoms with Gasteiger partial charge >= 0.3 is 0 Å². The van der Waals surface area contributed by atoms with Crippen molar-refractivity contribution >= 4 is 18.3 Å². The molecule has 1 unspecified atom stereocenters. The topological polar surface area (TPSA) is 41.1 Å². The van der Waals surface area contributed by atoms with Crippen molar-refractivity contribution in [2.24, 2.45) is 5.92 Å². The molecule has 1 aliphatic heterocycles. The Morgan fingerprint density at radius 1 is 1.38 bits per heavy atom. The third-order valence-electron chi connectivity index (χ3n) is 3.83. The lowest BCUT2D eigenvalue weighted by Crippen LogP contribution is -2.60. The van der Waals surface area contributed by atoms with E-state index in [1.165, 1.54) is 6.42 Å². The summed E-state index contributed by atoms with van der Waals surface area (Å²) in [6, 6.07) is 0.438. The highest BCUT2D eigenvalue weighted by atomic mass is 35.5. The molecule has 0 radical (unpaired) electrons. The average molecular weight is 247 g/mol. The van der Waals surface area contributed by atoms with E-state index in [4.69, 9.17) is 0 Å². The molecule has 2 N–H and O–H groups in total. The number of amides is 1. The van der Waals surface area contributed by atoms with Crippen LogP contribution in [-0.2, 0) is 4.79 Å². The molecule has 0 aromatic heterocycles. The van der Waals surface area contributed by atoms with Gasteiger partial charge in [0.05, 0.1) is 5.54 Å². The van der Waals surface area contributed by atoms with Gasteiger partial charge in [0.15, 0.2) is 0 Å². The van der Waals surface area contributed by atoms with Crippen molar-refractivity contribution in [2.45, 2.75) is 57.5 Å². The van der Waals surface area contributed by atoms with E-state index in [1.807, 2.05) is 6.92 Å². The zero-order chi connectivity index (χ0) is 10.9. The summed E-state index contributed by atoms with van der Waals surface area (Å²) in [5.74, 6) is 1.00. The van der Waals surface area contributed by atoms with E-state index in [9.17, 15) is 4.79 Å².